The van der Waals surface area contributed by atoms with Gasteiger partial charge >= 0.3 is 11.9 Å². The molecule has 0 aliphatic carbocycles. The summed E-state index contributed by atoms with van der Waals surface area (Å²) in [6, 6.07) is 5.79. The molecule has 0 bridgehead atoms. The second kappa shape index (κ2) is 7.00. The van der Waals surface area contributed by atoms with Gasteiger partial charge in [-0.3, -0.25) is 14.5 Å². The Hall–Kier alpha value is -2.52. The summed E-state index contributed by atoms with van der Waals surface area (Å²) >= 11 is 6.89. The molecule has 3 N–H and O–H groups in total. The highest BCUT2D eigenvalue weighted by atomic mass is 35.5. The van der Waals surface area contributed by atoms with Crippen molar-refractivity contribution in [1.82, 2.24) is 10.2 Å². The first-order valence-corrected chi connectivity index (χ1v) is 8.90. The second-order valence-corrected chi connectivity index (χ2v) is 7.24. The van der Waals surface area contributed by atoms with E-state index in [0.717, 1.165) is 16.7 Å². The van der Waals surface area contributed by atoms with Crippen LogP contribution < -0.4 is 5.32 Å². The van der Waals surface area contributed by atoms with Gasteiger partial charge in [0.15, 0.2) is 0 Å². The van der Waals surface area contributed by atoms with Crippen LogP contribution in [0.5, 0.6) is 0 Å². The number of nitrogens with one attached hydrogen (secondary N) is 1. The Morgan fingerprint density at radius 3 is 2.42 bits per heavy atom. The molecule has 1 saturated heterocycles. The first-order chi connectivity index (χ1) is 12.3. The van der Waals surface area contributed by atoms with Crippen molar-refractivity contribution in [3.63, 3.8) is 0 Å². The van der Waals surface area contributed by atoms with Crippen LogP contribution in [0.4, 0.5) is 0 Å². The lowest BCUT2D eigenvalue weighted by Crippen LogP contribution is -2.70. The zero-order valence-corrected chi connectivity index (χ0v) is 14.7. The number of hydrogen-bond donors (Lipinski definition) is 3. The van der Waals surface area contributed by atoms with E-state index in [1.807, 2.05) is 0 Å². The molecule has 0 saturated carbocycles. The molecule has 10 heteroatoms. The number of amides is 2. The third-order valence-corrected chi connectivity index (χ3v) is 5.56. The molecular formula is C16H13ClN2O6S. The van der Waals surface area contributed by atoms with Gasteiger partial charge < -0.3 is 15.5 Å². The fraction of sp³-hybridized carbons (Fsp3) is 0.250. The smallest absolute Gasteiger partial charge is 0.353 e. The molecule has 2 aliphatic heterocycles. The molecule has 2 amide bonds. The van der Waals surface area contributed by atoms with Crippen molar-refractivity contribution in [3.8, 4) is 0 Å². The zero-order chi connectivity index (χ0) is 19.0. The van der Waals surface area contributed by atoms with Crippen LogP contribution in [0.15, 0.2) is 35.5 Å². The van der Waals surface area contributed by atoms with Crippen LogP contribution in [0.25, 0.3) is 0 Å². The van der Waals surface area contributed by atoms with Crippen molar-refractivity contribution in [2.75, 3.05) is 5.75 Å². The average molecular weight is 397 g/mol. The maximum atomic E-state index is 12.3. The van der Waals surface area contributed by atoms with E-state index in [0.29, 0.717) is 10.6 Å². The quantitative estimate of drug-likeness (QED) is 0.626. The third kappa shape index (κ3) is 3.27. The number of aliphatic carboxylic acids is 2. The number of halogens is 1. The van der Waals surface area contributed by atoms with Gasteiger partial charge in [-0.25, -0.2) is 9.59 Å². The Bertz CT molecular complexity index is 838. The van der Waals surface area contributed by atoms with E-state index >= 15 is 0 Å². The first-order valence-electron chi connectivity index (χ1n) is 7.48. The van der Waals surface area contributed by atoms with Gasteiger partial charge in [0.25, 0.3) is 5.91 Å². The zero-order valence-electron chi connectivity index (χ0n) is 13.1. The van der Waals surface area contributed by atoms with Crippen molar-refractivity contribution in [2.45, 2.75) is 17.8 Å². The van der Waals surface area contributed by atoms with Gasteiger partial charge in [-0.05, 0) is 17.7 Å². The number of fused-ring (bicyclic) bond motifs is 1. The summed E-state index contributed by atoms with van der Waals surface area (Å²) in [5, 5.41) is 20.9. The predicted octanol–water partition coefficient (Wildman–Crippen LogP) is 0.706. The summed E-state index contributed by atoms with van der Waals surface area (Å²) < 4.78 is 0. The van der Waals surface area contributed by atoms with Crippen LogP contribution in [-0.4, -0.2) is 56.0 Å². The fourth-order valence-electron chi connectivity index (χ4n) is 2.80. The number of carboxylic acid groups (broad SMARTS) is 2. The van der Waals surface area contributed by atoms with Crippen LogP contribution in [0.2, 0.25) is 5.02 Å². The lowest BCUT2D eigenvalue weighted by molar-refractivity contribution is -0.151. The van der Waals surface area contributed by atoms with Gasteiger partial charge in [0.2, 0.25) is 5.91 Å². The summed E-state index contributed by atoms with van der Waals surface area (Å²) in [6.07, 6.45) is 0.0420. The SMILES string of the molecule is O=C(Cc1ccc(Cl)cc1)NC1C(=O)N2C(C(=O)O)=C(C(=O)O)CS[C@@H]12. The first kappa shape index (κ1) is 18.3. The van der Waals surface area contributed by atoms with Crippen molar-refractivity contribution >= 4 is 47.1 Å². The predicted molar refractivity (Wildman–Crippen MR) is 92.5 cm³/mol. The molecular weight excluding hydrogens is 384 g/mol. The average Bonchev–Trinajstić information content (AvgIpc) is 2.60. The second-order valence-electron chi connectivity index (χ2n) is 5.70. The fourth-order valence-corrected chi connectivity index (χ4v) is 4.25. The number of hydrogen-bond acceptors (Lipinski definition) is 5. The van der Waals surface area contributed by atoms with Crippen molar-refractivity contribution in [1.29, 1.82) is 0 Å². The van der Waals surface area contributed by atoms with E-state index in [-0.39, 0.29) is 17.7 Å². The highest BCUT2D eigenvalue weighted by Crippen LogP contribution is 2.40. The highest BCUT2D eigenvalue weighted by Gasteiger charge is 2.54. The van der Waals surface area contributed by atoms with E-state index in [1.165, 1.54) is 0 Å². The Kier molecular flexibility index (Phi) is 4.92. The molecule has 1 unspecified atom stereocenters. The largest absolute Gasteiger partial charge is 0.478 e. The molecule has 0 aromatic heterocycles. The van der Waals surface area contributed by atoms with E-state index in [2.05, 4.69) is 5.32 Å². The van der Waals surface area contributed by atoms with E-state index in [9.17, 15) is 24.3 Å². The summed E-state index contributed by atoms with van der Waals surface area (Å²) in [5.74, 6) is -3.95. The minimum absolute atomic E-state index is 0.0420. The Morgan fingerprint density at radius 2 is 1.85 bits per heavy atom. The molecule has 3 rings (SSSR count). The van der Waals surface area contributed by atoms with Crippen molar-refractivity contribution < 1.29 is 29.4 Å². The number of carboxylic acids is 2. The van der Waals surface area contributed by atoms with Crippen LogP contribution in [-0.2, 0) is 25.6 Å². The number of thioether (sulfide) groups is 1. The van der Waals surface area contributed by atoms with Gasteiger partial charge in [0.1, 0.15) is 17.1 Å². The molecule has 2 atom stereocenters. The number of carbonyl (C=O) groups is 4. The molecule has 1 aromatic carbocycles. The molecule has 8 nitrogen and oxygen atoms in total. The Labute approximate surface area is 156 Å². The lowest BCUT2D eigenvalue weighted by Gasteiger charge is -2.49. The normalized spacial score (nSPS) is 21.7. The van der Waals surface area contributed by atoms with E-state index in [1.54, 1.807) is 24.3 Å². The lowest BCUT2D eigenvalue weighted by atomic mass is 10.0. The van der Waals surface area contributed by atoms with Crippen LogP contribution in [0, 0.1) is 0 Å². The van der Waals surface area contributed by atoms with E-state index in [4.69, 9.17) is 16.7 Å². The number of β-lactam (4-membered cyclic amide) rings is 1. The molecule has 1 aromatic rings. The highest BCUT2D eigenvalue weighted by molar-refractivity contribution is 8.00. The topological polar surface area (TPSA) is 124 Å². The van der Waals surface area contributed by atoms with Crippen molar-refractivity contribution in [3.05, 3.63) is 46.1 Å². The number of nitrogens with zero attached hydrogens (tertiary/aromatic N) is 1. The minimum Gasteiger partial charge on any atom is -0.478 e. The van der Waals surface area contributed by atoms with Gasteiger partial charge in [-0.1, -0.05) is 23.7 Å². The molecule has 0 radical (unpaired) electrons. The summed E-state index contributed by atoms with van der Waals surface area (Å²) in [6.45, 7) is 0. The monoisotopic (exact) mass is 396 g/mol. The number of carbonyl (C=O) groups excluding carboxylic acids is 2. The van der Waals surface area contributed by atoms with Gasteiger partial charge in [-0.2, -0.15) is 0 Å². The molecule has 1 fully saturated rings. The number of rotatable bonds is 5. The Morgan fingerprint density at radius 1 is 1.19 bits per heavy atom. The molecule has 26 heavy (non-hydrogen) atoms. The van der Waals surface area contributed by atoms with Gasteiger partial charge in [0.05, 0.1) is 12.0 Å². The van der Waals surface area contributed by atoms with Crippen LogP contribution in [0.3, 0.4) is 0 Å². The minimum atomic E-state index is -1.48. The standard InChI is InChI=1S/C16H13ClN2O6S/c17-8-3-1-7(2-4-8)5-10(20)18-11-13(21)19-12(16(24)25)9(15(22)23)6-26-14(11)19/h1-4,11,14H,5-6H2,(H,18,20)(H,22,23)(H,24,25)/t11?,14-/m0/s1. The molecule has 0 spiro atoms. The number of benzene rings is 1. The Balaban J connectivity index is 1.70. The van der Waals surface area contributed by atoms with Crippen LogP contribution in [0.1, 0.15) is 5.56 Å². The van der Waals surface area contributed by atoms with Gasteiger partial charge in [0, 0.05) is 10.8 Å². The molecule has 2 heterocycles. The molecule has 2 aliphatic rings. The molecule has 136 valence electrons. The summed E-state index contributed by atoms with van der Waals surface area (Å²) in [7, 11) is 0. The van der Waals surface area contributed by atoms with E-state index < -0.39 is 40.9 Å². The van der Waals surface area contributed by atoms with Crippen molar-refractivity contribution in [2.24, 2.45) is 0 Å². The summed E-state index contributed by atoms with van der Waals surface area (Å²) in [5.41, 5.74) is -0.154. The van der Waals surface area contributed by atoms with Gasteiger partial charge in [-0.15, -0.1) is 11.8 Å². The maximum Gasteiger partial charge on any atom is 0.353 e. The third-order valence-electron chi connectivity index (χ3n) is 4.02. The van der Waals surface area contributed by atoms with Crippen LogP contribution >= 0.6 is 23.4 Å². The summed E-state index contributed by atoms with van der Waals surface area (Å²) in [4.78, 5) is 48.0. The maximum absolute atomic E-state index is 12.3.